The Hall–Kier alpha value is -1.92. The molecule has 3 rings (SSSR count). The molecule has 1 heterocycles. The van der Waals surface area contributed by atoms with Gasteiger partial charge in [-0.05, 0) is 43.7 Å². The van der Waals surface area contributed by atoms with E-state index in [0.29, 0.717) is 12.4 Å². The third-order valence-electron chi connectivity index (χ3n) is 3.85. The van der Waals surface area contributed by atoms with Crippen molar-refractivity contribution in [2.24, 2.45) is 0 Å². The van der Waals surface area contributed by atoms with Crippen molar-refractivity contribution >= 4 is 34.8 Å². The van der Waals surface area contributed by atoms with Crippen molar-refractivity contribution in [1.29, 1.82) is 0 Å². The highest BCUT2D eigenvalue weighted by atomic mass is 79.9. The predicted octanol–water partition coefficient (Wildman–Crippen LogP) is 5.61. The molecule has 0 spiro atoms. The van der Waals surface area contributed by atoms with Gasteiger partial charge in [0.25, 0.3) is 0 Å². The van der Waals surface area contributed by atoms with Crippen LogP contribution in [0.4, 0.5) is 5.88 Å². The smallest absolute Gasteiger partial charge is 0.385 e. The Morgan fingerprint density at radius 1 is 1.04 bits per heavy atom. The lowest BCUT2D eigenvalue weighted by Gasteiger charge is -2.15. The third-order valence-corrected chi connectivity index (χ3v) is 6.40. The van der Waals surface area contributed by atoms with Gasteiger partial charge in [0.05, 0.1) is 13.2 Å². The van der Waals surface area contributed by atoms with Crippen LogP contribution in [0.2, 0.25) is 0 Å². The molecule has 0 aliphatic heterocycles. The van der Waals surface area contributed by atoms with Crippen LogP contribution in [-0.2, 0) is 20.2 Å². The average Bonchev–Trinajstić information content (AvgIpc) is 3.13. The maximum Gasteiger partial charge on any atom is 0.385 e. The summed E-state index contributed by atoms with van der Waals surface area (Å²) in [4.78, 5) is 4.47. The molecule has 2 aromatic carbocycles. The van der Waals surface area contributed by atoms with Gasteiger partial charge in [0.15, 0.2) is 0 Å². The van der Waals surface area contributed by atoms with Gasteiger partial charge in [-0.2, -0.15) is 4.98 Å². The van der Waals surface area contributed by atoms with E-state index in [1.807, 2.05) is 54.6 Å². The van der Waals surface area contributed by atoms with Crippen molar-refractivity contribution < 1.29 is 18.0 Å². The molecule has 0 saturated carbocycles. The number of nitrogens with zero attached hydrogens (tertiary/aromatic N) is 1. The summed E-state index contributed by atoms with van der Waals surface area (Å²) < 4.78 is 31.2. The van der Waals surface area contributed by atoms with Crippen LogP contribution in [0.15, 0.2) is 63.5 Å². The lowest BCUT2D eigenvalue weighted by Crippen LogP contribution is -2.16. The van der Waals surface area contributed by atoms with E-state index in [9.17, 15) is 4.57 Å². The lowest BCUT2D eigenvalue weighted by molar-refractivity contribution is 0.229. The summed E-state index contributed by atoms with van der Waals surface area (Å²) in [5.74, 6) is 0.629. The number of hydrogen-bond donors (Lipinski definition) is 1. The van der Waals surface area contributed by atoms with Gasteiger partial charge in [-0.1, -0.05) is 46.3 Å². The van der Waals surface area contributed by atoms with Crippen LogP contribution in [0.25, 0.3) is 11.5 Å². The number of rotatable bonds is 9. The average molecular weight is 465 g/mol. The lowest BCUT2D eigenvalue weighted by atomic mass is 10.2. The molecule has 0 radical (unpaired) electrons. The topological polar surface area (TPSA) is 73.6 Å². The molecule has 0 unspecified atom stereocenters. The van der Waals surface area contributed by atoms with Crippen LogP contribution in [0.5, 0.6) is 0 Å². The van der Waals surface area contributed by atoms with Crippen molar-refractivity contribution in [2.45, 2.75) is 20.4 Å². The first-order valence-corrected chi connectivity index (χ1v) is 11.3. The van der Waals surface area contributed by atoms with E-state index in [0.717, 1.165) is 15.6 Å². The Morgan fingerprint density at radius 3 is 2.29 bits per heavy atom. The Kier molecular flexibility index (Phi) is 7.08. The number of benzene rings is 2. The molecule has 0 bridgehead atoms. The molecule has 0 saturated heterocycles. The summed E-state index contributed by atoms with van der Waals surface area (Å²) >= 11 is 3.41. The SMILES string of the molecule is CCOP(=O)(OCC)c1nc(-c2ccc(Br)cc2)oc1NCc1ccccc1. The molecule has 0 atom stereocenters. The maximum atomic E-state index is 13.3. The van der Waals surface area contributed by atoms with Gasteiger partial charge in [-0.15, -0.1) is 0 Å². The normalized spacial score (nSPS) is 11.5. The first-order valence-electron chi connectivity index (χ1n) is 9.00. The van der Waals surface area contributed by atoms with Crippen LogP contribution in [-0.4, -0.2) is 18.2 Å². The minimum Gasteiger partial charge on any atom is -0.420 e. The molecule has 3 aromatic rings. The van der Waals surface area contributed by atoms with Gasteiger partial charge in [0.1, 0.15) is 0 Å². The van der Waals surface area contributed by atoms with Crippen LogP contribution < -0.4 is 10.8 Å². The largest absolute Gasteiger partial charge is 0.420 e. The molecular weight excluding hydrogens is 443 g/mol. The Labute approximate surface area is 172 Å². The van der Waals surface area contributed by atoms with Gasteiger partial charge in [-0.3, -0.25) is 4.57 Å². The Bertz CT molecular complexity index is 935. The van der Waals surface area contributed by atoms with E-state index < -0.39 is 7.60 Å². The fourth-order valence-corrected chi connectivity index (χ4v) is 4.46. The fourth-order valence-electron chi connectivity index (χ4n) is 2.61. The number of oxazole rings is 1. The highest BCUT2D eigenvalue weighted by Gasteiger charge is 2.35. The van der Waals surface area contributed by atoms with Crippen LogP contribution in [0, 0.1) is 0 Å². The van der Waals surface area contributed by atoms with Crippen molar-refractivity contribution in [1.82, 2.24) is 4.98 Å². The summed E-state index contributed by atoms with van der Waals surface area (Å²) in [5.41, 5.74) is 1.97. The third kappa shape index (κ3) is 4.92. The van der Waals surface area contributed by atoms with E-state index in [2.05, 4.69) is 26.2 Å². The van der Waals surface area contributed by atoms with Crippen molar-refractivity contribution in [3.8, 4) is 11.5 Å². The van der Waals surface area contributed by atoms with Gasteiger partial charge in [-0.25, -0.2) is 0 Å². The zero-order chi connectivity index (χ0) is 20.0. The van der Waals surface area contributed by atoms with Gasteiger partial charge >= 0.3 is 7.60 Å². The van der Waals surface area contributed by atoms with Crippen LogP contribution in [0.3, 0.4) is 0 Å². The summed E-state index contributed by atoms with van der Waals surface area (Å²) in [6.07, 6.45) is 0. The Morgan fingerprint density at radius 2 is 1.68 bits per heavy atom. The van der Waals surface area contributed by atoms with E-state index >= 15 is 0 Å². The van der Waals surface area contributed by atoms with Crippen LogP contribution in [0.1, 0.15) is 19.4 Å². The van der Waals surface area contributed by atoms with Crippen molar-refractivity contribution in [2.75, 3.05) is 18.5 Å². The first-order chi connectivity index (χ1) is 13.6. The molecule has 1 N–H and O–H groups in total. The molecule has 1 aromatic heterocycles. The molecule has 0 amide bonds. The van der Waals surface area contributed by atoms with Gasteiger partial charge < -0.3 is 18.8 Å². The predicted molar refractivity (Wildman–Crippen MR) is 114 cm³/mol. The van der Waals surface area contributed by atoms with Crippen molar-refractivity contribution in [3.05, 3.63) is 64.6 Å². The highest BCUT2D eigenvalue weighted by Crippen LogP contribution is 2.49. The van der Waals surface area contributed by atoms with Gasteiger partial charge in [0, 0.05) is 16.6 Å². The van der Waals surface area contributed by atoms with E-state index in [1.54, 1.807) is 13.8 Å². The van der Waals surface area contributed by atoms with Gasteiger partial charge in [0.2, 0.25) is 17.2 Å². The quantitative estimate of drug-likeness (QED) is 0.415. The molecule has 0 fully saturated rings. The minimum absolute atomic E-state index is 0.157. The Balaban J connectivity index is 1.99. The number of anilines is 1. The molecular formula is C20H22BrN2O4P. The zero-order valence-corrected chi connectivity index (χ0v) is 18.2. The number of halogens is 1. The standard InChI is InChI=1S/C20H22BrN2O4P/c1-3-25-28(24,26-4-2)20-19(22-14-15-8-6-5-7-9-15)27-18(23-20)16-10-12-17(21)13-11-16/h5-13,22H,3-4,14H2,1-2H3. The summed E-state index contributed by atoms with van der Waals surface area (Å²) in [6, 6.07) is 17.4. The first kappa shape index (κ1) is 20.8. The van der Waals surface area contributed by atoms with E-state index in [-0.39, 0.29) is 24.5 Å². The summed E-state index contributed by atoms with van der Waals surface area (Å²) in [5, 5.41) is 3.18. The molecule has 0 aliphatic carbocycles. The molecule has 28 heavy (non-hydrogen) atoms. The second-order valence-corrected chi connectivity index (χ2v) is 8.70. The second kappa shape index (κ2) is 9.52. The number of nitrogens with one attached hydrogen (secondary N) is 1. The second-order valence-electron chi connectivity index (χ2n) is 5.85. The van der Waals surface area contributed by atoms with E-state index in [4.69, 9.17) is 13.5 Å². The summed E-state index contributed by atoms with van der Waals surface area (Å²) in [7, 11) is -3.62. The van der Waals surface area contributed by atoms with E-state index in [1.165, 1.54) is 0 Å². The van der Waals surface area contributed by atoms with Crippen LogP contribution >= 0.6 is 23.5 Å². The monoisotopic (exact) mass is 464 g/mol. The number of aromatic nitrogens is 1. The van der Waals surface area contributed by atoms with Crippen molar-refractivity contribution in [3.63, 3.8) is 0 Å². The maximum absolute atomic E-state index is 13.3. The zero-order valence-electron chi connectivity index (χ0n) is 15.7. The number of hydrogen-bond acceptors (Lipinski definition) is 6. The molecule has 6 nitrogen and oxygen atoms in total. The molecule has 148 valence electrons. The molecule has 8 heteroatoms. The summed E-state index contributed by atoms with van der Waals surface area (Å²) in [6.45, 7) is 4.48. The minimum atomic E-state index is -3.62. The molecule has 0 aliphatic rings. The highest BCUT2D eigenvalue weighted by molar-refractivity contribution is 9.10. The fraction of sp³-hybridized carbons (Fsp3) is 0.250.